The minimum absolute atomic E-state index is 0.438. The molecule has 0 saturated carbocycles. The zero-order chi connectivity index (χ0) is 29.6. The zero-order valence-electron chi connectivity index (χ0n) is 24.8. The molecular formula is C31H39N9O2S. The molecule has 0 atom stereocenters. The Hall–Kier alpha value is -3.87. The number of hydrogen-bond donors (Lipinski definition) is 3. The van der Waals surface area contributed by atoms with E-state index in [4.69, 9.17) is 4.98 Å². The molecular weight excluding hydrogens is 562 g/mol. The van der Waals surface area contributed by atoms with Crippen molar-refractivity contribution in [3.05, 3.63) is 60.3 Å². The number of sulfonamides is 1. The van der Waals surface area contributed by atoms with Crippen molar-refractivity contribution < 1.29 is 8.42 Å². The number of H-pyrrole nitrogens is 1. The molecule has 226 valence electrons. The van der Waals surface area contributed by atoms with E-state index in [1.165, 1.54) is 55.3 Å². The Kier molecular flexibility index (Phi) is 7.36. The fourth-order valence-corrected chi connectivity index (χ4v) is 7.61. The molecule has 0 radical (unpaired) electrons. The summed E-state index contributed by atoms with van der Waals surface area (Å²) in [6.07, 6.45) is 6.16. The number of likely N-dealkylation sites (N-methyl/N-ethyl adjacent to an activating group) is 1. The van der Waals surface area contributed by atoms with E-state index in [0.29, 0.717) is 47.8 Å². The van der Waals surface area contributed by atoms with Crippen LogP contribution in [0.5, 0.6) is 0 Å². The first-order chi connectivity index (χ1) is 20.8. The van der Waals surface area contributed by atoms with E-state index in [0.717, 1.165) is 29.7 Å². The molecule has 3 N–H and O–H groups in total. The van der Waals surface area contributed by atoms with Crippen LogP contribution in [0, 0.1) is 0 Å². The molecule has 0 unspecified atom stereocenters. The van der Waals surface area contributed by atoms with Crippen LogP contribution in [0.25, 0.3) is 11.0 Å². The van der Waals surface area contributed by atoms with Crippen LogP contribution < -0.4 is 19.8 Å². The van der Waals surface area contributed by atoms with Crippen molar-refractivity contribution >= 4 is 55.6 Å². The molecule has 0 bridgehead atoms. The molecule has 5 heterocycles. The van der Waals surface area contributed by atoms with Crippen LogP contribution in [-0.4, -0.2) is 98.3 Å². The Morgan fingerprint density at radius 2 is 1.65 bits per heavy atom. The maximum Gasteiger partial charge on any atom is 0.232 e. The van der Waals surface area contributed by atoms with E-state index in [-0.39, 0.29) is 0 Å². The number of piperidine rings is 1. The summed E-state index contributed by atoms with van der Waals surface area (Å²) in [5.74, 6) is 1.05. The summed E-state index contributed by atoms with van der Waals surface area (Å²) in [6.45, 7) is 7.29. The second-order valence-electron chi connectivity index (χ2n) is 11.9. The van der Waals surface area contributed by atoms with Gasteiger partial charge in [-0.15, -0.1) is 0 Å². The zero-order valence-corrected chi connectivity index (χ0v) is 25.6. The monoisotopic (exact) mass is 601 g/mol. The highest BCUT2D eigenvalue weighted by Gasteiger charge is 2.29. The summed E-state index contributed by atoms with van der Waals surface area (Å²) in [7, 11) is -1.19. The van der Waals surface area contributed by atoms with Crippen LogP contribution in [0.4, 0.5) is 34.5 Å². The Morgan fingerprint density at radius 3 is 2.40 bits per heavy atom. The number of hydrogen-bond acceptors (Lipinski definition) is 9. The number of fused-ring (bicyclic) bond motifs is 2. The van der Waals surface area contributed by atoms with Crippen molar-refractivity contribution in [1.29, 1.82) is 0 Å². The first-order valence-electron chi connectivity index (χ1n) is 15.1. The van der Waals surface area contributed by atoms with Crippen molar-refractivity contribution in [3.8, 4) is 0 Å². The third-order valence-electron chi connectivity index (χ3n) is 9.03. The molecule has 2 saturated heterocycles. The predicted molar refractivity (Wildman–Crippen MR) is 174 cm³/mol. The summed E-state index contributed by atoms with van der Waals surface area (Å²) in [5.41, 5.74) is 5.21. The molecule has 4 aromatic rings. The topological polar surface area (TPSA) is 113 Å². The lowest BCUT2D eigenvalue weighted by molar-refractivity contribution is 0.0982. The SMILES string of the molecule is CN1CCN(C2CCN(c3ccc(Nc4nc(Nc5cccc6c5N(S(C)(=O)=O)CC6)c5cc[nH]c5n4)cc3)CC2)CC1. The number of nitrogens with zero attached hydrogens (tertiary/aromatic N) is 6. The molecule has 0 amide bonds. The van der Waals surface area contributed by atoms with Gasteiger partial charge in [-0.2, -0.15) is 9.97 Å². The molecule has 2 aromatic carbocycles. The Labute approximate surface area is 253 Å². The van der Waals surface area contributed by atoms with E-state index in [2.05, 4.69) is 66.6 Å². The van der Waals surface area contributed by atoms with E-state index in [1.807, 2.05) is 30.5 Å². The number of benzene rings is 2. The van der Waals surface area contributed by atoms with Gasteiger partial charge in [0.1, 0.15) is 11.5 Å². The molecule has 12 heteroatoms. The van der Waals surface area contributed by atoms with Crippen LogP contribution in [-0.2, 0) is 16.4 Å². The van der Waals surface area contributed by atoms with Crippen molar-refractivity contribution in [2.45, 2.75) is 25.3 Å². The molecule has 0 spiro atoms. The lowest BCUT2D eigenvalue weighted by atomic mass is 10.0. The van der Waals surface area contributed by atoms with Crippen molar-refractivity contribution in [2.75, 3.05) is 79.0 Å². The number of para-hydroxylation sites is 1. The summed E-state index contributed by atoms with van der Waals surface area (Å²) < 4.78 is 26.5. The maximum absolute atomic E-state index is 12.5. The Balaban J connectivity index is 1.06. The van der Waals surface area contributed by atoms with Gasteiger partial charge < -0.3 is 25.4 Å². The highest BCUT2D eigenvalue weighted by molar-refractivity contribution is 7.92. The molecule has 11 nitrogen and oxygen atoms in total. The van der Waals surface area contributed by atoms with Crippen molar-refractivity contribution in [3.63, 3.8) is 0 Å². The number of aromatic amines is 1. The largest absolute Gasteiger partial charge is 0.371 e. The van der Waals surface area contributed by atoms with Gasteiger partial charge in [0.25, 0.3) is 0 Å². The van der Waals surface area contributed by atoms with Crippen molar-refractivity contribution in [2.24, 2.45) is 0 Å². The average molecular weight is 602 g/mol. The van der Waals surface area contributed by atoms with Gasteiger partial charge in [0.05, 0.1) is 23.0 Å². The van der Waals surface area contributed by atoms with Gasteiger partial charge in [0, 0.05) is 69.4 Å². The number of rotatable bonds is 7. The average Bonchev–Trinajstić information content (AvgIpc) is 3.67. The number of piperazine rings is 1. The molecule has 7 rings (SSSR count). The summed E-state index contributed by atoms with van der Waals surface area (Å²) in [6, 6.07) is 16.9. The number of aromatic nitrogens is 3. The molecule has 43 heavy (non-hydrogen) atoms. The summed E-state index contributed by atoms with van der Waals surface area (Å²) >= 11 is 0. The predicted octanol–water partition coefficient (Wildman–Crippen LogP) is 3.98. The highest BCUT2D eigenvalue weighted by Crippen LogP contribution is 2.39. The van der Waals surface area contributed by atoms with E-state index in [9.17, 15) is 8.42 Å². The summed E-state index contributed by atoms with van der Waals surface area (Å²) in [4.78, 5) is 20.3. The van der Waals surface area contributed by atoms with Gasteiger partial charge in [-0.05, 0) is 68.3 Å². The van der Waals surface area contributed by atoms with Gasteiger partial charge in [0.15, 0.2) is 0 Å². The van der Waals surface area contributed by atoms with Gasteiger partial charge in [-0.1, -0.05) is 12.1 Å². The minimum atomic E-state index is -3.40. The molecule has 2 fully saturated rings. The van der Waals surface area contributed by atoms with Crippen molar-refractivity contribution in [1.82, 2.24) is 24.8 Å². The van der Waals surface area contributed by atoms with Gasteiger partial charge in [-0.3, -0.25) is 9.21 Å². The van der Waals surface area contributed by atoms with Gasteiger partial charge in [0.2, 0.25) is 16.0 Å². The third-order valence-corrected chi connectivity index (χ3v) is 10.2. The second kappa shape index (κ2) is 11.3. The lowest BCUT2D eigenvalue weighted by Crippen LogP contribution is -2.52. The first-order valence-corrected chi connectivity index (χ1v) is 16.9. The number of anilines is 6. The minimum Gasteiger partial charge on any atom is -0.371 e. The van der Waals surface area contributed by atoms with Crippen LogP contribution in [0.15, 0.2) is 54.7 Å². The normalized spacial score (nSPS) is 18.7. The molecule has 0 aliphatic carbocycles. The van der Waals surface area contributed by atoms with E-state index in [1.54, 1.807) is 0 Å². The fourth-order valence-electron chi connectivity index (χ4n) is 6.63. The quantitative estimate of drug-likeness (QED) is 0.290. The standard InChI is InChI=1S/C31H39N9O2S/c1-37-18-20-39(21-19-37)25-12-15-38(16-13-25)24-8-6-23(7-9-24)33-31-35-29-26(10-14-32-29)30(36-31)34-27-5-3-4-22-11-17-40(28(22)27)43(2,41)42/h3-10,14,25H,11-13,15-21H2,1-2H3,(H3,32,33,34,35,36). The summed E-state index contributed by atoms with van der Waals surface area (Å²) in [5, 5.41) is 7.60. The van der Waals surface area contributed by atoms with Crippen LogP contribution in [0.3, 0.4) is 0 Å². The number of nitrogens with one attached hydrogen (secondary N) is 3. The smallest absolute Gasteiger partial charge is 0.232 e. The van der Waals surface area contributed by atoms with Crippen LogP contribution in [0.1, 0.15) is 18.4 Å². The van der Waals surface area contributed by atoms with E-state index < -0.39 is 10.0 Å². The molecule has 3 aliphatic heterocycles. The molecule has 3 aliphatic rings. The van der Waals surface area contributed by atoms with Gasteiger partial charge in [-0.25, -0.2) is 8.42 Å². The van der Waals surface area contributed by atoms with Crippen LogP contribution >= 0.6 is 0 Å². The highest BCUT2D eigenvalue weighted by atomic mass is 32.2. The van der Waals surface area contributed by atoms with Crippen LogP contribution in [0.2, 0.25) is 0 Å². The first kappa shape index (κ1) is 27.9. The lowest BCUT2D eigenvalue weighted by Gasteiger charge is -2.42. The molecule has 2 aromatic heterocycles. The second-order valence-corrected chi connectivity index (χ2v) is 13.8. The Morgan fingerprint density at radius 1 is 0.884 bits per heavy atom. The fraction of sp³-hybridized carbons (Fsp3) is 0.419. The maximum atomic E-state index is 12.5. The van der Waals surface area contributed by atoms with Gasteiger partial charge >= 0.3 is 0 Å². The van der Waals surface area contributed by atoms with E-state index >= 15 is 0 Å². The third kappa shape index (κ3) is 5.74. The Bertz CT molecular complexity index is 1710.